The zero-order valence-corrected chi connectivity index (χ0v) is 11.3. The van der Waals surface area contributed by atoms with Gasteiger partial charge >= 0.3 is 0 Å². The predicted octanol–water partition coefficient (Wildman–Crippen LogP) is 2.68. The van der Waals surface area contributed by atoms with Crippen molar-refractivity contribution in [2.45, 2.75) is 17.7 Å². The van der Waals surface area contributed by atoms with Gasteiger partial charge in [0.2, 0.25) is 5.91 Å². The van der Waals surface area contributed by atoms with Gasteiger partial charge in [0.1, 0.15) is 5.82 Å². The van der Waals surface area contributed by atoms with Crippen LogP contribution >= 0.6 is 11.8 Å². The molecular weight excluding hydrogens is 263 g/mol. The molecule has 0 atom stereocenters. The van der Waals surface area contributed by atoms with E-state index >= 15 is 0 Å². The first-order valence-corrected chi connectivity index (χ1v) is 7.23. The first-order valence-electron chi connectivity index (χ1n) is 6.25. The van der Waals surface area contributed by atoms with Gasteiger partial charge in [0.05, 0.1) is 11.8 Å². The number of thioether (sulfide) groups is 1. The third kappa shape index (κ3) is 3.97. The highest BCUT2D eigenvalue weighted by Crippen LogP contribution is 2.21. The second-order valence-corrected chi connectivity index (χ2v) is 5.58. The van der Waals surface area contributed by atoms with Gasteiger partial charge < -0.3 is 4.90 Å². The number of nitriles is 1. The number of piperidine rings is 1. The normalized spacial score (nSPS) is 16.1. The lowest BCUT2D eigenvalue weighted by molar-refractivity contribution is -0.129. The van der Waals surface area contributed by atoms with Gasteiger partial charge in [-0.15, -0.1) is 11.8 Å². The van der Waals surface area contributed by atoms with Crippen LogP contribution in [0.1, 0.15) is 12.8 Å². The standard InChI is InChI=1S/C14H15FN2OS/c15-12-1-3-13(4-2-12)19-10-14(18)17-7-5-11(9-16)6-8-17/h1-4,11H,5-8,10H2. The van der Waals surface area contributed by atoms with E-state index < -0.39 is 0 Å². The zero-order valence-electron chi connectivity index (χ0n) is 10.5. The summed E-state index contributed by atoms with van der Waals surface area (Å²) in [7, 11) is 0. The maximum Gasteiger partial charge on any atom is 0.232 e. The van der Waals surface area contributed by atoms with Crippen molar-refractivity contribution in [1.29, 1.82) is 5.26 Å². The van der Waals surface area contributed by atoms with Gasteiger partial charge in [-0.2, -0.15) is 5.26 Å². The number of hydrogen-bond donors (Lipinski definition) is 0. The lowest BCUT2D eigenvalue weighted by atomic mass is 9.99. The molecule has 3 nitrogen and oxygen atoms in total. The zero-order chi connectivity index (χ0) is 13.7. The molecule has 100 valence electrons. The minimum Gasteiger partial charge on any atom is -0.342 e. The molecule has 1 aromatic rings. The van der Waals surface area contributed by atoms with Crippen LogP contribution in [0.15, 0.2) is 29.2 Å². The molecular formula is C14H15FN2OS. The van der Waals surface area contributed by atoms with Crippen LogP contribution in [0.25, 0.3) is 0 Å². The summed E-state index contributed by atoms with van der Waals surface area (Å²) in [6, 6.07) is 8.39. The molecule has 5 heteroatoms. The Morgan fingerprint density at radius 1 is 1.37 bits per heavy atom. The molecule has 0 aromatic heterocycles. The maximum absolute atomic E-state index is 12.7. The number of halogens is 1. The molecule has 1 aliphatic rings. The van der Waals surface area contributed by atoms with Gasteiger partial charge in [0.15, 0.2) is 0 Å². The number of benzene rings is 1. The first kappa shape index (κ1) is 13.9. The van der Waals surface area contributed by atoms with Gasteiger partial charge in [0.25, 0.3) is 0 Å². The Labute approximate surface area is 116 Å². The van der Waals surface area contributed by atoms with Crippen molar-refractivity contribution in [3.63, 3.8) is 0 Å². The van der Waals surface area contributed by atoms with Crippen LogP contribution in [-0.2, 0) is 4.79 Å². The van der Waals surface area contributed by atoms with Crippen molar-refractivity contribution in [1.82, 2.24) is 4.90 Å². The van der Waals surface area contributed by atoms with E-state index in [1.807, 2.05) is 4.90 Å². The Kier molecular flexibility index (Phi) is 4.80. The molecule has 0 spiro atoms. The van der Waals surface area contributed by atoms with Gasteiger partial charge in [-0.05, 0) is 37.1 Å². The molecule has 0 aliphatic carbocycles. The summed E-state index contributed by atoms with van der Waals surface area (Å²) in [6.07, 6.45) is 1.53. The van der Waals surface area contributed by atoms with Crippen molar-refractivity contribution in [2.75, 3.05) is 18.8 Å². The quantitative estimate of drug-likeness (QED) is 0.798. The van der Waals surface area contributed by atoms with E-state index in [4.69, 9.17) is 5.26 Å². The average Bonchev–Trinajstić information content (AvgIpc) is 2.46. The lowest BCUT2D eigenvalue weighted by Gasteiger charge is -2.29. The van der Waals surface area contributed by atoms with Gasteiger partial charge in [-0.3, -0.25) is 4.79 Å². The number of likely N-dealkylation sites (tertiary alicyclic amines) is 1. The Bertz CT molecular complexity index is 475. The van der Waals surface area contributed by atoms with Gasteiger partial charge in [-0.1, -0.05) is 0 Å². The van der Waals surface area contributed by atoms with Crippen LogP contribution in [0.5, 0.6) is 0 Å². The summed E-state index contributed by atoms with van der Waals surface area (Å²) in [6.45, 7) is 1.34. The summed E-state index contributed by atoms with van der Waals surface area (Å²) in [5, 5.41) is 8.80. The van der Waals surface area contributed by atoms with E-state index in [9.17, 15) is 9.18 Å². The molecule has 1 saturated heterocycles. The van der Waals surface area contributed by atoms with E-state index in [0.29, 0.717) is 18.8 Å². The number of rotatable bonds is 3. The molecule has 1 fully saturated rings. The van der Waals surface area contributed by atoms with Gasteiger partial charge in [0, 0.05) is 23.9 Å². The molecule has 19 heavy (non-hydrogen) atoms. The summed E-state index contributed by atoms with van der Waals surface area (Å²) >= 11 is 1.41. The minimum absolute atomic E-state index is 0.0886. The van der Waals surface area contributed by atoms with Crippen molar-refractivity contribution in [3.05, 3.63) is 30.1 Å². The fourth-order valence-corrected chi connectivity index (χ4v) is 2.83. The van der Waals surface area contributed by atoms with E-state index in [1.54, 1.807) is 12.1 Å². The molecule has 1 aromatic carbocycles. The highest BCUT2D eigenvalue weighted by Gasteiger charge is 2.22. The molecule has 0 radical (unpaired) electrons. The minimum atomic E-state index is -0.269. The summed E-state index contributed by atoms with van der Waals surface area (Å²) in [5.74, 6) is 0.275. The highest BCUT2D eigenvalue weighted by atomic mass is 32.2. The summed E-state index contributed by atoms with van der Waals surface area (Å²) < 4.78 is 12.7. The van der Waals surface area contributed by atoms with Crippen LogP contribution < -0.4 is 0 Å². The molecule has 0 unspecified atom stereocenters. The monoisotopic (exact) mass is 278 g/mol. The Hall–Kier alpha value is -1.54. The number of carbonyl (C=O) groups excluding carboxylic acids is 1. The number of nitrogens with zero attached hydrogens (tertiary/aromatic N) is 2. The average molecular weight is 278 g/mol. The van der Waals surface area contributed by atoms with E-state index in [0.717, 1.165) is 17.7 Å². The van der Waals surface area contributed by atoms with Crippen LogP contribution in [0, 0.1) is 23.1 Å². The topological polar surface area (TPSA) is 44.1 Å². The predicted molar refractivity (Wildman–Crippen MR) is 72.0 cm³/mol. The van der Waals surface area contributed by atoms with Crippen molar-refractivity contribution in [2.24, 2.45) is 5.92 Å². The molecule has 1 aliphatic heterocycles. The van der Waals surface area contributed by atoms with Crippen LogP contribution in [0.4, 0.5) is 4.39 Å². The SMILES string of the molecule is N#CC1CCN(C(=O)CSc2ccc(F)cc2)CC1. The molecule has 1 amide bonds. The molecule has 2 rings (SSSR count). The van der Waals surface area contributed by atoms with Crippen molar-refractivity contribution in [3.8, 4) is 6.07 Å². The third-order valence-corrected chi connectivity index (χ3v) is 4.20. The first-order chi connectivity index (χ1) is 9.19. The lowest BCUT2D eigenvalue weighted by Crippen LogP contribution is -2.39. The fraction of sp³-hybridized carbons (Fsp3) is 0.429. The summed E-state index contributed by atoms with van der Waals surface area (Å²) in [5.41, 5.74) is 0. The molecule has 0 N–H and O–H groups in total. The van der Waals surface area contributed by atoms with E-state index in [1.165, 1.54) is 23.9 Å². The Balaban J connectivity index is 1.79. The van der Waals surface area contributed by atoms with Crippen LogP contribution in [-0.4, -0.2) is 29.6 Å². The second kappa shape index (κ2) is 6.58. The summed E-state index contributed by atoms with van der Waals surface area (Å²) in [4.78, 5) is 14.7. The van der Waals surface area contributed by atoms with E-state index in [-0.39, 0.29) is 17.6 Å². The number of amides is 1. The second-order valence-electron chi connectivity index (χ2n) is 4.53. The Morgan fingerprint density at radius 3 is 2.58 bits per heavy atom. The molecule has 1 heterocycles. The van der Waals surface area contributed by atoms with Gasteiger partial charge in [-0.25, -0.2) is 4.39 Å². The van der Waals surface area contributed by atoms with E-state index in [2.05, 4.69) is 6.07 Å². The molecule has 0 bridgehead atoms. The molecule has 0 saturated carbocycles. The van der Waals surface area contributed by atoms with Crippen molar-refractivity contribution >= 4 is 17.7 Å². The Morgan fingerprint density at radius 2 is 2.00 bits per heavy atom. The number of hydrogen-bond acceptors (Lipinski definition) is 3. The largest absolute Gasteiger partial charge is 0.342 e. The maximum atomic E-state index is 12.7. The third-order valence-electron chi connectivity index (χ3n) is 3.21. The number of carbonyl (C=O) groups is 1. The fourth-order valence-electron chi connectivity index (χ4n) is 2.03. The van der Waals surface area contributed by atoms with Crippen LogP contribution in [0.2, 0.25) is 0 Å². The smallest absolute Gasteiger partial charge is 0.232 e. The van der Waals surface area contributed by atoms with Crippen molar-refractivity contribution < 1.29 is 9.18 Å². The highest BCUT2D eigenvalue weighted by molar-refractivity contribution is 8.00. The van der Waals surface area contributed by atoms with Crippen LogP contribution in [0.3, 0.4) is 0 Å².